The molecule has 1 saturated heterocycles. The molecule has 0 saturated carbocycles. The van der Waals surface area contributed by atoms with Gasteiger partial charge in [0, 0.05) is 19.4 Å². The number of imide groups is 1. The van der Waals surface area contributed by atoms with Crippen molar-refractivity contribution < 1.29 is 19.1 Å². The summed E-state index contributed by atoms with van der Waals surface area (Å²) in [6, 6.07) is -0.466. The first-order valence-corrected chi connectivity index (χ1v) is 5.74. The molecule has 0 radical (unpaired) electrons. The number of amides is 2. The van der Waals surface area contributed by atoms with Crippen LogP contribution in [0.15, 0.2) is 0 Å². The molecule has 6 heteroatoms. The van der Waals surface area contributed by atoms with Crippen molar-refractivity contribution in [3.05, 3.63) is 0 Å². The Labute approximate surface area is 100 Å². The van der Waals surface area contributed by atoms with Gasteiger partial charge in [-0.1, -0.05) is 6.92 Å². The van der Waals surface area contributed by atoms with Gasteiger partial charge in [0.1, 0.15) is 6.04 Å². The number of hydrogen-bond donors (Lipinski definition) is 1. The van der Waals surface area contributed by atoms with Crippen molar-refractivity contribution in [3.63, 3.8) is 0 Å². The third-order valence-corrected chi connectivity index (χ3v) is 2.73. The lowest BCUT2D eigenvalue weighted by molar-refractivity contribution is -0.145. The fraction of sp³-hybridized carbons (Fsp3) is 0.727. The van der Waals surface area contributed by atoms with E-state index < -0.39 is 6.04 Å². The van der Waals surface area contributed by atoms with Crippen LogP contribution < -0.4 is 5.32 Å². The van der Waals surface area contributed by atoms with Crippen molar-refractivity contribution in [3.8, 4) is 0 Å². The number of esters is 1. The van der Waals surface area contributed by atoms with Crippen LogP contribution in [-0.4, -0.2) is 48.9 Å². The van der Waals surface area contributed by atoms with Gasteiger partial charge in [-0.05, 0) is 13.0 Å². The monoisotopic (exact) mass is 242 g/mol. The number of likely N-dealkylation sites (tertiary alicyclic amines) is 1. The van der Waals surface area contributed by atoms with Crippen LogP contribution >= 0.6 is 0 Å². The molecule has 0 bridgehead atoms. The van der Waals surface area contributed by atoms with Crippen molar-refractivity contribution in [2.75, 3.05) is 20.2 Å². The van der Waals surface area contributed by atoms with Gasteiger partial charge in [-0.2, -0.15) is 0 Å². The summed E-state index contributed by atoms with van der Waals surface area (Å²) in [5.41, 5.74) is 0. The first-order valence-electron chi connectivity index (χ1n) is 5.74. The van der Waals surface area contributed by atoms with Crippen LogP contribution in [0.2, 0.25) is 0 Å². The number of rotatable bonds is 6. The lowest BCUT2D eigenvalue weighted by Gasteiger charge is -2.19. The van der Waals surface area contributed by atoms with Gasteiger partial charge in [-0.3, -0.25) is 19.3 Å². The van der Waals surface area contributed by atoms with Gasteiger partial charge in [-0.25, -0.2) is 0 Å². The van der Waals surface area contributed by atoms with E-state index in [1.165, 1.54) is 12.0 Å². The van der Waals surface area contributed by atoms with Gasteiger partial charge in [0.15, 0.2) is 0 Å². The Bertz CT molecular complexity index is 301. The number of likely N-dealkylation sites (N-methyl/N-ethyl adjacent to an activating group) is 1. The predicted octanol–water partition coefficient (Wildman–Crippen LogP) is -0.323. The third-order valence-electron chi connectivity index (χ3n) is 2.73. The lowest BCUT2D eigenvalue weighted by atomic mass is 10.2. The quantitative estimate of drug-likeness (QED) is 0.510. The van der Waals surface area contributed by atoms with Crippen molar-refractivity contribution >= 4 is 17.8 Å². The molecule has 0 aromatic heterocycles. The second-order valence-electron chi connectivity index (χ2n) is 3.86. The highest BCUT2D eigenvalue weighted by Crippen LogP contribution is 2.12. The van der Waals surface area contributed by atoms with Crippen LogP contribution in [0.25, 0.3) is 0 Å². The maximum absolute atomic E-state index is 11.4. The van der Waals surface area contributed by atoms with E-state index in [-0.39, 0.29) is 37.2 Å². The molecule has 1 rings (SSSR count). The number of methoxy groups -OCH3 is 1. The van der Waals surface area contributed by atoms with E-state index in [9.17, 15) is 14.4 Å². The Balaban J connectivity index is 2.48. The average molecular weight is 242 g/mol. The molecule has 0 aromatic rings. The van der Waals surface area contributed by atoms with Crippen LogP contribution in [0.3, 0.4) is 0 Å². The summed E-state index contributed by atoms with van der Waals surface area (Å²) in [4.78, 5) is 35.3. The predicted molar refractivity (Wildman–Crippen MR) is 60.1 cm³/mol. The summed E-state index contributed by atoms with van der Waals surface area (Å²) in [6.07, 6.45) is 0.948. The number of nitrogens with zero attached hydrogens (tertiary/aromatic N) is 1. The van der Waals surface area contributed by atoms with E-state index >= 15 is 0 Å². The van der Waals surface area contributed by atoms with Crippen molar-refractivity contribution in [2.45, 2.75) is 32.2 Å². The zero-order valence-electron chi connectivity index (χ0n) is 10.2. The Kier molecular flexibility index (Phi) is 5.09. The van der Waals surface area contributed by atoms with Crippen LogP contribution in [0.4, 0.5) is 0 Å². The minimum Gasteiger partial charge on any atom is -0.468 e. The number of carbonyl (C=O) groups excluding carboxylic acids is 3. The molecule has 1 heterocycles. The molecule has 96 valence electrons. The average Bonchev–Trinajstić information content (AvgIpc) is 2.64. The zero-order chi connectivity index (χ0) is 12.8. The first-order chi connectivity index (χ1) is 8.10. The highest BCUT2D eigenvalue weighted by atomic mass is 16.5. The molecule has 6 nitrogen and oxygen atoms in total. The summed E-state index contributed by atoms with van der Waals surface area (Å²) in [5, 5.41) is 2.96. The van der Waals surface area contributed by atoms with Crippen LogP contribution in [0, 0.1) is 0 Å². The molecule has 17 heavy (non-hydrogen) atoms. The Hall–Kier alpha value is -1.43. The highest BCUT2D eigenvalue weighted by molar-refractivity contribution is 6.01. The van der Waals surface area contributed by atoms with E-state index in [2.05, 4.69) is 10.1 Å². The molecule has 1 aliphatic heterocycles. The molecule has 1 aliphatic rings. The van der Waals surface area contributed by atoms with Crippen LogP contribution in [0.5, 0.6) is 0 Å². The summed E-state index contributed by atoms with van der Waals surface area (Å²) in [7, 11) is 1.32. The SMILES string of the molecule is CCNC(CCN1C(=O)CCC1=O)C(=O)OC. The summed E-state index contributed by atoms with van der Waals surface area (Å²) in [6.45, 7) is 2.77. The topological polar surface area (TPSA) is 75.7 Å². The largest absolute Gasteiger partial charge is 0.468 e. The fourth-order valence-corrected chi connectivity index (χ4v) is 1.82. The second-order valence-corrected chi connectivity index (χ2v) is 3.86. The Morgan fingerprint density at radius 2 is 2.00 bits per heavy atom. The van der Waals surface area contributed by atoms with Crippen molar-refractivity contribution in [1.29, 1.82) is 0 Å². The van der Waals surface area contributed by atoms with Crippen LogP contribution in [-0.2, 0) is 19.1 Å². The third kappa shape index (κ3) is 3.52. The molecule has 1 atom stereocenters. The van der Waals surface area contributed by atoms with Crippen molar-refractivity contribution in [1.82, 2.24) is 10.2 Å². The summed E-state index contributed by atoms with van der Waals surface area (Å²) in [5.74, 6) is -0.684. The van der Waals surface area contributed by atoms with Gasteiger partial charge < -0.3 is 10.1 Å². The van der Waals surface area contributed by atoms with Crippen LogP contribution in [0.1, 0.15) is 26.2 Å². The molecule has 2 amide bonds. The molecule has 0 aliphatic carbocycles. The number of nitrogens with one attached hydrogen (secondary N) is 1. The van der Waals surface area contributed by atoms with Gasteiger partial charge in [0.2, 0.25) is 11.8 Å². The van der Waals surface area contributed by atoms with E-state index in [1.807, 2.05) is 6.92 Å². The molecular weight excluding hydrogens is 224 g/mol. The van der Waals surface area contributed by atoms with E-state index in [4.69, 9.17) is 0 Å². The van der Waals surface area contributed by atoms with Gasteiger partial charge >= 0.3 is 5.97 Å². The summed E-state index contributed by atoms with van der Waals surface area (Å²) >= 11 is 0. The molecule has 0 spiro atoms. The second kappa shape index (κ2) is 6.34. The minimum absolute atomic E-state index is 0.157. The molecular formula is C11H18N2O4. The Morgan fingerprint density at radius 1 is 1.41 bits per heavy atom. The van der Waals surface area contributed by atoms with Gasteiger partial charge in [0.05, 0.1) is 7.11 Å². The number of ether oxygens (including phenoxy) is 1. The molecule has 1 fully saturated rings. The fourth-order valence-electron chi connectivity index (χ4n) is 1.82. The lowest BCUT2D eigenvalue weighted by Crippen LogP contribution is -2.41. The zero-order valence-corrected chi connectivity index (χ0v) is 10.2. The molecule has 1 N–H and O–H groups in total. The maximum atomic E-state index is 11.4. The van der Waals surface area contributed by atoms with E-state index in [1.54, 1.807) is 0 Å². The molecule has 0 aromatic carbocycles. The van der Waals surface area contributed by atoms with Gasteiger partial charge in [0.25, 0.3) is 0 Å². The van der Waals surface area contributed by atoms with E-state index in [0.717, 1.165) is 0 Å². The maximum Gasteiger partial charge on any atom is 0.322 e. The first kappa shape index (κ1) is 13.6. The number of carbonyl (C=O) groups is 3. The van der Waals surface area contributed by atoms with Gasteiger partial charge in [-0.15, -0.1) is 0 Å². The number of hydrogen-bond acceptors (Lipinski definition) is 5. The summed E-state index contributed by atoms with van der Waals surface area (Å²) < 4.78 is 4.64. The minimum atomic E-state index is -0.466. The molecule has 1 unspecified atom stereocenters. The van der Waals surface area contributed by atoms with Crippen molar-refractivity contribution in [2.24, 2.45) is 0 Å². The Morgan fingerprint density at radius 3 is 2.47 bits per heavy atom. The normalized spacial score (nSPS) is 17.4. The highest BCUT2D eigenvalue weighted by Gasteiger charge is 2.30. The smallest absolute Gasteiger partial charge is 0.322 e. The van der Waals surface area contributed by atoms with E-state index in [0.29, 0.717) is 13.0 Å². The standard InChI is InChI=1S/C11H18N2O4/c1-3-12-8(11(16)17-2)6-7-13-9(14)4-5-10(13)15/h8,12H,3-7H2,1-2H3.